The second kappa shape index (κ2) is 9.13. The lowest BCUT2D eigenvalue weighted by Gasteiger charge is -2.32. The summed E-state index contributed by atoms with van der Waals surface area (Å²) in [5, 5.41) is 0. The molecular formula is C27H26N2OS. The van der Waals surface area contributed by atoms with Gasteiger partial charge in [0.1, 0.15) is 0 Å². The van der Waals surface area contributed by atoms with Crippen LogP contribution < -0.4 is 4.90 Å². The number of rotatable bonds is 5. The van der Waals surface area contributed by atoms with Crippen LogP contribution in [0.15, 0.2) is 101 Å². The van der Waals surface area contributed by atoms with E-state index in [-0.39, 0.29) is 5.92 Å². The Morgan fingerprint density at radius 2 is 1.42 bits per heavy atom. The van der Waals surface area contributed by atoms with Crippen molar-refractivity contribution in [2.24, 2.45) is 5.92 Å². The van der Waals surface area contributed by atoms with Crippen LogP contribution in [0.3, 0.4) is 0 Å². The first kappa shape index (κ1) is 20.1. The molecule has 3 aromatic carbocycles. The smallest absolute Gasteiger partial charge is 0.166 e. The number of carbonyl (C=O) groups is 1. The molecule has 0 N–H and O–H groups in total. The van der Waals surface area contributed by atoms with Gasteiger partial charge in [0.15, 0.2) is 5.78 Å². The van der Waals surface area contributed by atoms with Crippen molar-refractivity contribution < 1.29 is 4.79 Å². The van der Waals surface area contributed by atoms with Gasteiger partial charge in [-0.15, -0.1) is 0 Å². The standard InChI is InChI=1S/C27H26N2OS/c30-27(21-9-2-1-3-10-21)22-15-19-28(20-16-22)17-8-18-29-23-11-4-6-13-25(23)31-26-14-7-5-12-24(26)29/h1-14,18,22H,15-17,19-20H2. The molecule has 0 spiro atoms. The number of hydrogen-bond donors (Lipinski definition) is 0. The third kappa shape index (κ3) is 4.32. The molecular weight excluding hydrogens is 400 g/mol. The van der Waals surface area contributed by atoms with Crippen LogP contribution in [0.2, 0.25) is 0 Å². The van der Waals surface area contributed by atoms with Gasteiger partial charge >= 0.3 is 0 Å². The molecule has 0 unspecified atom stereocenters. The Labute approximate surface area is 188 Å². The van der Waals surface area contributed by atoms with Gasteiger partial charge in [0.25, 0.3) is 0 Å². The zero-order valence-electron chi connectivity index (χ0n) is 17.5. The van der Waals surface area contributed by atoms with Crippen molar-refractivity contribution in [1.82, 2.24) is 4.90 Å². The van der Waals surface area contributed by atoms with Gasteiger partial charge in [0.2, 0.25) is 0 Å². The minimum absolute atomic E-state index is 0.153. The van der Waals surface area contributed by atoms with Gasteiger partial charge in [0.05, 0.1) is 11.4 Å². The summed E-state index contributed by atoms with van der Waals surface area (Å²) < 4.78 is 0. The molecule has 156 valence electrons. The highest BCUT2D eigenvalue weighted by molar-refractivity contribution is 7.99. The average Bonchev–Trinajstić information content (AvgIpc) is 2.84. The first-order valence-corrected chi connectivity index (χ1v) is 11.7. The number of likely N-dealkylation sites (tertiary alicyclic amines) is 1. The molecule has 1 saturated heterocycles. The van der Waals surface area contributed by atoms with Gasteiger partial charge in [0, 0.05) is 34.0 Å². The van der Waals surface area contributed by atoms with Crippen LogP contribution in [-0.4, -0.2) is 30.3 Å². The second-order valence-electron chi connectivity index (χ2n) is 8.10. The first-order valence-electron chi connectivity index (χ1n) is 10.9. The number of benzene rings is 3. The molecule has 0 amide bonds. The van der Waals surface area contributed by atoms with Gasteiger partial charge in [-0.05, 0) is 50.2 Å². The molecule has 0 aliphatic carbocycles. The first-order chi connectivity index (χ1) is 15.3. The summed E-state index contributed by atoms with van der Waals surface area (Å²) in [6, 6.07) is 26.9. The third-order valence-corrected chi connectivity index (χ3v) is 7.23. The number of fused-ring (bicyclic) bond motifs is 2. The van der Waals surface area contributed by atoms with Crippen LogP contribution in [0, 0.1) is 5.92 Å². The number of ketones is 1. The molecule has 4 heteroatoms. The van der Waals surface area contributed by atoms with Crippen LogP contribution in [0.25, 0.3) is 0 Å². The molecule has 0 atom stereocenters. The summed E-state index contributed by atoms with van der Waals surface area (Å²) in [6.45, 7) is 2.84. The van der Waals surface area contributed by atoms with E-state index in [1.54, 1.807) is 0 Å². The number of piperidine rings is 1. The maximum Gasteiger partial charge on any atom is 0.166 e. The fourth-order valence-corrected chi connectivity index (χ4v) is 5.48. The molecule has 5 rings (SSSR count). The molecule has 0 radical (unpaired) electrons. The predicted octanol–water partition coefficient (Wildman–Crippen LogP) is 6.40. The molecule has 0 bridgehead atoms. The van der Waals surface area contributed by atoms with Crippen LogP contribution >= 0.6 is 11.8 Å². The van der Waals surface area contributed by atoms with Gasteiger partial charge in [-0.2, -0.15) is 0 Å². The molecule has 3 aromatic rings. The lowest BCUT2D eigenvalue weighted by Crippen LogP contribution is -2.36. The van der Waals surface area contributed by atoms with E-state index in [4.69, 9.17) is 0 Å². The van der Waals surface area contributed by atoms with Gasteiger partial charge < -0.3 is 4.90 Å². The number of Topliss-reactive ketones (excluding diaryl/α,β-unsaturated/α-hetero) is 1. The van der Waals surface area contributed by atoms with E-state index in [0.29, 0.717) is 5.78 Å². The van der Waals surface area contributed by atoms with Crippen molar-refractivity contribution >= 4 is 28.9 Å². The van der Waals surface area contributed by atoms with E-state index < -0.39 is 0 Å². The zero-order valence-corrected chi connectivity index (χ0v) is 18.3. The summed E-state index contributed by atoms with van der Waals surface area (Å²) >= 11 is 1.83. The van der Waals surface area contributed by atoms with Crippen LogP contribution in [0.4, 0.5) is 11.4 Å². The largest absolute Gasteiger partial charge is 0.315 e. The Morgan fingerprint density at radius 3 is 2.06 bits per heavy atom. The molecule has 0 saturated carbocycles. The van der Waals surface area contributed by atoms with E-state index in [1.165, 1.54) is 21.2 Å². The lowest BCUT2D eigenvalue weighted by molar-refractivity contribution is 0.0848. The Morgan fingerprint density at radius 1 is 0.839 bits per heavy atom. The third-order valence-electron chi connectivity index (χ3n) is 6.10. The van der Waals surface area contributed by atoms with E-state index in [2.05, 4.69) is 70.6 Å². The summed E-state index contributed by atoms with van der Waals surface area (Å²) in [7, 11) is 0. The molecule has 31 heavy (non-hydrogen) atoms. The van der Waals surface area contributed by atoms with E-state index >= 15 is 0 Å². The van der Waals surface area contributed by atoms with E-state index in [0.717, 1.165) is 38.0 Å². The zero-order chi connectivity index (χ0) is 21.0. The van der Waals surface area contributed by atoms with Gasteiger partial charge in [-0.1, -0.05) is 72.4 Å². The molecule has 1 fully saturated rings. The minimum Gasteiger partial charge on any atom is -0.315 e. The summed E-state index contributed by atoms with van der Waals surface area (Å²) in [4.78, 5) is 20.0. The van der Waals surface area contributed by atoms with Gasteiger partial charge in [-0.25, -0.2) is 0 Å². The highest BCUT2D eigenvalue weighted by atomic mass is 32.2. The minimum atomic E-state index is 0.153. The van der Waals surface area contributed by atoms with Crippen LogP contribution in [0.5, 0.6) is 0 Å². The fourth-order valence-electron chi connectivity index (χ4n) is 4.41. The fraction of sp³-hybridized carbons (Fsp3) is 0.222. The predicted molar refractivity (Wildman–Crippen MR) is 128 cm³/mol. The topological polar surface area (TPSA) is 23.6 Å². The van der Waals surface area contributed by atoms with Crippen molar-refractivity contribution in [1.29, 1.82) is 0 Å². The Bertz CT molecular complexity index is 1040. The van der Waals surface area contributed by atoms with Crippen molar-refractivity contribution in [3.05, 3.63) is 96.7 Å². The van der Waals surface area contributed by atoms with Crippen molar-refractivity contribution in [2.75, 3.05) is 24.5 Å². The Balaban J connectivity index is 1.23. The number of para-hydroxylation sites is 2. The summed E-state index contributed by atoms with van der Waals surface area (Å²) in [5.41, 5.74) is 3.31. The maximum atomic E-state index is 12.7. The van der Waals surface area contributed by atoms with Crippen LogP contribution in [0.1, 0.15) is 23.2 Å². The van der Waals surface area contributed by atoms with Gasteiger partial charge in [-0.3, -0.25) is 9.69 Å². The Hall–Kier alpha value is -2.82. The van der Waals surface area contributed by atoms with Crippen molar-refractivity contribution in [3.63, 3.8) is 0 Å². The average molecular weight is 427 g/mol. The molecule has 2 aliphatic rings. The highest BCUT2D eigenvalue weighted by Crippen LogP contribution is 2.47. The SMILES string of the molecule is O=C(c1ccccc1)C1CCN(CC=CN2c3ccccc3Sc3ccccc32)CC1. The normalized spacial score (nSPS) is 16.8. The molecule has 2 heterocycles. The molecule has 0 aromatic heterocycles. The number of anilines is 2. The summed E-state index contributed by atoms with van der Waals surface area (Å²) in [5.74, 6) is 0.454. The van der Waals surface area contributed by atoms with Crippen molar-refractivity contribution in [3.8, 4) is 0 Å². The number of hydrogen-bond acceptors (Lipinski definition) is 4. The highest BCUT2D eigenvalue weighted by Gasteiger charge is 2.25. The van der Waals surface area contributed by atoms with Crippen molar-refractivity contribution in [2.45, 2.75) is 22.6 Å². The number of carbonyl (C=O) groups excluding carboxylic acids is 1. The monoisotopic (exact) mass is 426 g/mol. The maximum absolute atomic E-state index is 12.7. The lowest BCUT2D eigenvalue weighted by atomic mass is 9.89. The quantitative estimate of drug-likeness (QED) is 0.441. The number of nitrogens with zero attached hydrogens (tertiary/aromatic N) is 2. The summed E-state index contributed by atoms with van der Waals surface area (Å²) in [6.07, 6.45) is 6.34. The van der Waals surface area contributed by atoms with E-state index in [1.807, 2.05) is 42.1 Å². The van der Waals surface area contributed by atoms with Crippen LogP contribution in [-0.2, 0) is 0 Å². The molecule has 3 nitrogen and oxygen atoms in total. The second-order valence-corrected chi connectivity index (χ2v) is 9.18. The Kier molecular flexibility index (Phi) is 5.92. The van der Waals surface area contributed by atoms with E-state index in [9.17, 15) is 4.79 Å². The molecule has 2 aliphatic heterocycles.